The normalized spacial score (nSPS) is 22.6. The Bertz CT molecular complexity index is 685. The van der Waals surface area contributed by atoms with Gasteiger partial charge in [0, 0.05) is 36.3 Å². The SMILES string of the molecule is Cc1ccccc1CN1CC2(CC(OCc3ccccn3)CS2)C1. The molecule has 4 rings (SSSR count). The lowest BCUT2D eigenvalue weighted by Crippen LogP contribution is -2.58. The van der Waals surface area contributed by atoms with Crippen LogP contribution in [0.5, 0.6) is 0 Å². The van der Waals surface area contributed by atoms with E-state index >= 15 is 0 Å². The van der Waals surface area contributed by atoms with Crippen LogP contribution in [0.15, 0.2) is 48.7 Å². The van der Waals surface area contributed by atoms with Crippen molar-refractivity contribution in [2.75, 3.05) is 18.8 Å². The number of hydrogen-bond donors (Lipinski definition) is 0. The lowest BCUT2D eigenvalue weighted by Gasteiger charge is -2.47. The quantitative estimate of drug-likeness (QED) is 0.829. The van der Waals surface area contributed by atoms with Crippen LogP contribution in [0.1, 0.15) is 23.2 Å². The molecule has 0 bridgehead atoms. The first-order valence-corrected chi connectivity index (χ1v) is 9.63. The zero-order chi connectivity index (χ0) is 16.4. The Morgan fingerprint density at radius 2 is 2.04 bits per heavy atom. The summed E-state index contributed by atoms with van der Waals surface area (Å²) in [6.45, 7) is 6.30. The first-order chi connectivity index (χ1) is 11.7. The van der Waals surface area contributed by atoms with Gasteiger partial charge in [-0.05, 0) is 36.6 Å². The first-order valence-electron chi connectivity index (χ1n) is 8.65. The standard InChI is InChI=1S/C20H24N2OS/c1-16-6-2-3-7-17(16)11-22-14-20(15-22)10-19(13-24-20)23-12-18-8-4-5-9-21-18/h2-9,19H,10-15H2,1H3. The number of nitrogens with zero attached hydrogens (tertiary/aromatic N) is 2. The number of benzene rings is 1. The summed E-state index contributed by atoms with van der Waals surface area (Å²) in [5.41, 5.74) is 3.88. The van der Waals surface area contributed by atoms with E-state index in [4.69, 9.17) is 4.74 Å². The summed E-state index contributed by atoms with van der Waals surface area (Å²) in [4.78, 5) is 6.90. The zero-order valence-electron chi connectivity index (χ0n) is 14.1. The third-order valence-electron chi connectivity index (χ3n) is 5.05. The molecule has 0 N–H and O–H groups in total. The summed E-state index contributed by atoms with van der Waals surface area (Å²) in [5, 5.41) is 0. The second kappa shape index (κ2) is 6.87. The van der Waals surface area contributed by atoms with E-state index < -0.39 is 0 Å². The van der Waals surface area contributed by atoms with Gasteiger partial charge >= 0.3 is 0 Å². The predicted molar refractivity (Wildman–Crippen MR) is 99.1 cm³/mol. The van der Waals surface area contributed by atoms with Gasteiger partial charge in [-0.25, -0.2) is 0 Å². The Hall–Kier alpha value is -1.36. The molecule has 1 aromatic heterocycles. The molecule has 1 unspecified atom stereocenters. The van der Waals surface area contributed by atoms with Crippen molar-refractivity contribution in [2.24, 2.45) is 0 Å². The van der Waals surface area contributed by atoms with Gasteiger partial charge in [-0.15, -0.1) is 11.8 Å². The molecule has 0 amide bonds. The monoisotopic (exact) mass is 340 g/mol. The number of thioether (sulfide) groups is 1. The number of pyridine rings is 1. The van der Waals surface area contributed by atoms with Crippen molar-refractivity contribution < 1.29 is 4.74 Å². The van der Waals surface area contributed by atoms with E-state index in [1.54, 1.807) is 0 Å². The van der Waals surface area contributed by atoms with Crippen LogP contribution >= 0.6 is 11.8 Å². The molecule has 0 aliphatic carbocycles. The number of hydrogen-bond acceptors (Lipinski definition) is 4. The molecule has 3 nitrogen and oxygen atoms in total. The number of aromatic nitrogens is 1. The van der Waals surface area contributed by atoms with Crippen LogP contribution < -0.4 is 0 Å². The second-order valence-electron chi connectivity index (χ2n) is 7.02. The van der Waals surface area contributed by atoms with Gasteiger partial charge in [0.2, 0.25) is 0 Å². The van der Waals surface area contributed by atoms with E-state index in [1.807, 2.05) is 24.4 Å². The molecular weight excluding hydrogens is 316 g/mol. The Balaban J connectivity index is 1.25. The molecule has 3 heterocycles. The van der Waals surface area contributed by atoms with Gasteiger partial charge < -0.3 is 4.74 Å². The molecule has 1 spiro atoms. The third kappa shape index (κ3) is 3.51. The second-order valence-corrected chi connectivity index (χ2v) is 8.51. The molecule has 2 aromatic rings. The van der Waals surface area contributed by atoms with Crippen LogP contribution in [0, 0.1) is 6.92 Å². The van der Waals surface area contributed by atoms with Gasteiger partial charge in [0.15, 0.2) is 0 Å². The first kappa shape index (κ1) is 16.1. The minimum Gasteiger partial charge on any atom is -0.371 e. The summed E-state index contributed by atoms with van der Waals surface area (Å²) in [7, 11) is 0. The fraction of sp³-hybridized carbons (Fsp3) is 0.450. The fourth-order valence-electron chi connectivity index (χ4n) is 3.73. The van der Waals surface area contributed by atoms with Crippen LogP contribution in [-0.2, 0) is 17.9 Å². The molecule has 24 heavy (non-hydrogen) atoms. The lowest BCUT2D eigenvalue weighted by molar-refractivity contribution is 0.0250. The highest BCUT2D eigenvalue weighted by molar-refractivity contribution is 8.01. The molecule has 2 fully saturated rings. The summed E-state index contributed by atoms with van der Waals surface area (Å²) >= 11 is 2.11. The molecule has 2 aliphatic rings. The van der Waals surface area contributed by atoms with E-state index in [1.165, 1.54) is 30.6 Å². The summed E-state index contributed by atoms with van der Waals surface area (Å²) in [6.07, 6.45) is 3.38. The van der Waals surface area contributed by atoms with Crippen LogP contribution in [-0.4, -0.2) is 39.6 Å². The van der Waals surface area contributed by atoms with Crippen molar-refractivity contribution in [3.05, 3.63) is 65.5 Å². The van der Waals surface area contributed by atoms with Crippen LogP contribution in [0.25, 0.3) is 0 Å². The maximum absolute atomic E-state index is 6.09. The van der Waals surface area contributed by atoms with Gasteiger partial charge in [0.05, 0.1) is 18.4 Å². The topological polar surface area (TPSA) is 25.4 Å². The molecule has 0 saturated carbocycles. The molecule has 1 aromatic carbocycles. The van der Waals surface area contributed by atoms with Crippen molar-refractivity contribution in [1.29, 1.82) is 0 Å². The van der Waals surface area contributed by atoms with Gasteiger partial charge in [-0.2, -0.15) is 0 Å². The Morgan fingerprint density at radius 1 is 1.21 bits per heavy atom. The number of likely N-dealkylation sites (tertiary alicyclic amines) is 1. The third-order valence-corrected chi connectivity index (χ3v) is 6.62. The minimum absolute atomic E-state index is 0.373. The number of rotatable bonds is 5. The van der Waals surface area contributed by atoms with Gasteiger partial charge in [-0.3, -0.25) is 9.88 Å². The summed E-state index contributed by atoms with van der Waals surface area (Å²) in [5.74, 6) is 1.12. The highest BCUT2D eigenvalue weighted by Crippen LogP contribution is 2.46. The van der Waals surface area contributed by atoms with Gasteiger partial charge in [0.1, 0.15) is 0 Å². The maximum Gasteiger partial charge on any atom is 0.0892 e. The molecule has 0 radical (unpaired) electrons. The highest BCUT2D eigenvalue weighted by Gasteiger charge is 2.49. The number of aryl methyl sites for hydroxylation is 1. The maximum atomic E-state index is 6.09. The van der Waals surface area contributed by atoms with Crippen LogP contribution in [0.3, 0.4) is 0 Å². The van der Waals surface area contributed by atoms with E-state index in [2.05, 4.69) is 52.8 Å². The largest absolute Gasteiger partial charge is 0.371 e. The van der Waals surface area contributed by atoms with E-state index in [9.17, 15) is 0 Å². The Kier molecular flexibility index (Phi) is 4.61. The van der Waals surface area contributed by atoms with Crippen molar-refractivity contribution >= 4 is 11.8 Å². The molecule has 4 heteroatoms. The lowest BCUT2D eigenvalue weighted by atomic mass is 9.92. The van der Waals surface area contributed by atoms with Crippen molar-refractivity contribution in [3.8, 4) is 0 Å². The van der Waals surface area contributed by atoms with E-state index in [0.29, 0.717) is 17.5 Å². The summed E-state index contributed by atoms with van der Waals surface area (Å²) in [6, 6.07) is 14.7. The van der Waals surface area contributed by atoms with Crippen molar-refractivity contribution in [1.82, 2.24) is 9.88 Å². The zero-order valence-corrected chi connectivity index (χ0v) is 15.0. The van der Waals surface area contributed by atoms with Gasteiger partial charge in [-0.1, -0.05) is 30.3 Å². The fourth-order valence-corrected chi connectivity index (χ4v) is 5.33. The smallest absolute Gasteiger partial charge is 0.0892 e. The van der Waals surface area contributed by atoms with Gasteiger partial charge in [0.25, 0.3) is 0 Å². The highest BCUT2D eigenvalue weighted by atomic mass is 32.2. The average Bonchev–Trinajstić information content (AvgIpc) is 3.00. The molecule has 126 valence electrons. The van der Waals surface area contributed by atoms with Crippen LogP contribution in [0.2, 0.25) is 0 Å². The molecule has 2 saturated heterocycles. The van der Waals surface area contributed by atoms with Crippen molar-refractivity contribution in [2.45, 2.75) is 37.3 Å². The van der Waals surface area contributed by atoms with E-state index in [-0.39, 0.29) is 0 Å². The van der Waals surface area contributed by atoms with Crippen molar-refractivity contribution in [3.63, 3.8) is 0 Å². The predicted octanol–water partition coefficient (Wildman–Crippen LogP) is 3.67. The molecular formula is C20H24N2OS. The van der Waals surface area contributed by atoms with E-state index in [0.717, 1.165) is 18.0 Å². The summed E-state index contributed by atoms with van der Waals surface area (Å²) < 4.78 is 6.52. The Labute approximate surface area is 148 Å². The minimum atomic E-state index is 0.373. The molecule has 1 atom stereocenters. The Morgan fingerprint density at radius 3 is 2.83 bits per heavy atom. The van der Waals surface area contributed by atoms with Crippen LogP contribution in [0.4, 0.5) is 0 Å². The average molecular weight is 340 g/mol. The number of ether oxygens (including phenoxy) is 1. The molecule has 2 aliphatic heterocycles.